The summed E-state index contributed by atoms with van der Waals surface area (Å²) < 4.78 is 0. The van der Waals surface area contributed by atoms with E-state index in [1.165, 1.54) is 11.3 Å². The lowest BCUT2D eigenvalue weighted by atomic mass is 10.5. The van der Waals surface area contributed by atoms with Gasteiger partial charge >= 0.3 is 0 Å². The molecular formula is C8H12N4O2S. The van der Waals surface area contributed by atoms with Crippen LogP contribution in [0.15, 0.2) is 11.6 Å². The Balaban J connectivity index is 2.16. The first-order chi connectivity index (χ1) is 7.22. The third-order valence-corrected chi connectivity index (χ3v) is 2.33. The predicted octanol–water partition coefficient (Wildman–Crippen LogP) is -1.17. The maximum absolute atomic E-state index is 11.2. The molecule has 2 amide bonds. The maximum Gasteiger partial charge on any atom is 0.239 e. The summed E-state index contributed by atoms with van der Waals surface area (Å²) in [5, 5.41) is 7.65. The number of hydrogen-bond donors (Lipinski definition) is 3. The van der Waals surface area contributed by atoms with Gasteiger partial charge in [-0.15, -0.1) is 11.3 Å². The van der Waals surface area contributed by atoms with Crippen LogP contribution in [0.25, 0.3) is 0 Å². The molecule has 82 valence electrons. The number of carbonyl (C=O) groups excluding carboxylic acids is 2. The maximum atomic E-state index is 11.2. The summed E-state index contributed by atoms with van der Waals surface area (Å²) in [6.45, 7) is 0.218. The lowest BCUT2D eigenvalue weighted by molar-refractivity contribution is -0.125. The molecule has 0 aliphatic carbocycles. The Morgan fingerprint density at radius 3 is 2.80 bits per heavy atom. The smallest absolute Gasteiger partial charge is 0.239 e. The highest BCUT2D eigenvalue weighted by atomic mass is 32.1. The standard InChI is InChI=1S/C8H12N4O2S/c9-3-6(13)11-4-7(14)12-5-8-10-1-2-15-8/h1-2H,3-5,9H2,(H,11,13)(H,12,14). The highest BCUT2D eigenvalue weighted by Crippen LogP contribution is 2.01. The van der Waals surface area contributed by atoms with Gasteiger partial charge in [-0.2, -0.15) is 0 Å². The van der Waals surface area contributed by atoms with Crippen LogP contribution in [0.4, 0.5) is 0 Å². The second-order valence-corrected chi connectivity index (χ2v) is 3.66. The van der Waals surface area contributed by atoms with Crippen LogP contribution in [0.5, 0.6) is 0 Å². The van der Waals surface area contributed by atoms with Crippen molar-refractivity contribution in [2.24, 2.45) is 5.73 Å². The summed E-state index contributed by atoms with van der Waals surface area (Å²) in [5.41, 5.74) is 5.06. The minimum atomic E-state index is -0.348. The van der Waals surface area contributed by atoms with Crippen molar-refractivity contribution in [3.63, 3.8) is 0 Å². The number of thiazole rings is 1. The lowest BCUT2D eigenvalue weighted by Crippen LogP contribution is -2.39. The van der Waals surface area contributed by atoms with Crippen molar-refractivity contribution in [1.82, 2.24) is 15.6 Å². The Bertz CT molecular complexity index is 325. The Morgan fingerprint density at radius 2 is 2.20 bits per heavy atom. The number of hydrogen-bond acceptors (Lipinski definition) is 5. The van der Waals surface area contributed by atoms with Gasteiger partial charge in [0.15, 0.2) is 0 Å². The molecule has 0 fully saturated rings. The van der Waals surface area contributed by atoms with E-state index in [-0.39, 0.29) is 24.9 Å². The van der Waals surface area contributed by atoms with E-state index in [0.717, 1.165) is 5.01 Å². The monoisotopic (exact) mass is 228 g/mol. The van der Waals surface area contributed by atoms with Crippen LogP contribution in [-0.4, -0.2) is 29.9 Å². The summed E-state index contributed by atoms with van der Waals surface area (Å²) in [6.07, 6.45) is 1.67. The van der Waals surface area contributed by atoms with Crippen molar-refractivity contribution in [2.45, 2.75) is 6.54 Å². The van der Waals surface area contributed by atoms with Gasteiger partial charge in [-0.1, -0.05) is 0 Å². The van der Waals surface area contributed by atoms with Crippen LogP contribution < -0.4 is 16.4 Å². The first-order valence-corrected chi connectivity index (χ1v) is 5.22. The Hall–Kier alpha value is -1.47. The fraction of sp³-hybridized carbons (Fsp3) is 0.375. The number of nitrogens with one attached hydrogen (secondary N) is 2. The Kier molecular flexibility index (Phi) is 4.72. The molecule has 1 aromatic rings. The quantitative estimate of drug-likeness (QED) is 0.592. The van der Waals surface area contributed by atoms with Crippen molar-refractivity contribution in [2.75, 3.05) is 13.1 Å². The number of nitrogens with zero attached hydrogens (tertiary/aromatic N) is 1. The van der Waals surface area contributed by atoms with Gasteiger partial charge in [0.05, 0.1) is 19.6 Å². The SMILES string of the molecule is NCC(=O)NCC(=O)NCc1nccs1. The summed E-state index contributed by atoms with van der Waals surface area (Å²) in [7, 11) is 0. The largest absolute Gasteiger partial charge is 0.348 e. The molecule has 1 aromatic heterocycles. The molecule has 0 atom stereocenters. The number of aromatic nitrogens is 1. The van der Waals surface area contributed by atoms with E-state index in [9.17, 15) is 9.59 Å². The minimum Gasteiger partial charge on any atom is -0.348 e. The van der Waals surface area contributed by atoms with Gasteiger partial charge in [0.25, 0.3) is 0 Å². The van der Waals surface area contributed by atoms with Gasteiger partial charge in [-0.3, -0.25) is 9.59 Å². The molecule has 7 heteroatoms. The fourth-order valence-corrected chi connectivity index (χ4v) is 1.38. The number of nitrogens with two attached hydrogens (primary N) is 1. The number of amides is 2. The molecular weight excluding hydrogens is 216 g/mol. The van der Waals surface area contributed by atoms with Gasteiger partial charge in [0.2, 0.25) is 11.8 Å². The third-order valence-electron chi connectivity index (χ3n) is 1.55. The normalized spacial score (nSPS) is 9.67. The zero-order chi connectivity index (χ0) is 11.1. The second kappa shape index (κ2) is 6.10. The molecule has 0 unspecified atom stereocenters. The summed E-state index contributed by atoms with van der Waals surface area (Å²) in [5.74, 6) is -0.605. The highest BCUT2D eigenvalue weighted by Gasteiger charge is 2.04. The lowest BCUT2D eigenvalue weighted by Gasteiger charge is -2.04. The van der Waals surface area contributed by atoms with Crippen LogP contribution in [-0.2, 0) is 16.1 Å². The van der Waals surface area contributed by atoms with Gasteiger partial charge in [-0.25, -0.2) is 4.98 Å². The minimum absolute atomic E-state index is 0.0542. The second-order valence-electron chi connectivity index (χ2n) is 2.68. The van der Waals surface area contributed by atoms with Crippen LogP contribution in [0.1, 0.15) is 5.01 Å². The molecule has 0 radical (unpaired) electrons. The van der Waals surface area contributed by atoms with Crippen LogP contribution >= 0.6 is 11.3 Å². The van der Waals surface area contributed by atoms with Crippen molar-refractivity contribution in [1.29, 1.82) is 0 Å². The predicted molar refractivity (Wildman–Crippen MR) is 56.0 cm³/mol. The van der Waals surface area contributed by atoms with Crippen molar-refractivity contribution in [3.8, 4) is 0 Å². The van der Waals surface area contributed by atoms with E-state index in [1.807, 2.05) is 5.38 Å². The molecule has 1 rings (SSSR count). The molecule has 0 bridgehead atoms. The average molecular weight is 228 g/mol. The fourth-order valence-electron chi connectivity index (χ4n) is 0.828. The van der Waals surface area contributed by atoms with Crippen molar-refractivity contribution in [3.05, 3.63) is 16.6 Å². The van der Waals surface area contributed by atoms with Crippen LogP contribution in [0.3, 0.4) is 0 Å². The first-order valence-electron chi connectivity index (χ1n) is 4.34. The van der Waals surface area contributed by atoms with E-state index in [4.69, 9.17) is 5.73 Å². The molecule has 1 heterocycles. The molecule has 15 heavy (non-hydrogen) atoms. The summed E-state index contributed by atoms with van der Waals surface area (Å²) in [6, 6.07) is 0. The molecule has 0 saturated heterocycles. The van der Waals surface area contributed by atoms with E-state index in [0.29, 0.717) is 6.54 Å². The van der Waals surface area contributed by atoms with Crippen molar-refractivity contribution >= 4 is 23.2 Å². The third kappa shape index (κ3) is 4.52. The molecule has 4 N–H and O–H groups in total. The molecule has 6 nitrogen and oxygen atoms in total. The summed E-state index contributed by atoms with van der Waals surface area (Å²) >= 11 is 1.46. The van der Waals surface area contributed by atoms with Gasteiger partial charge in [0.1, 0.15) is 5.01 Å². The first kappa shape index (κ1) is 11.6. The van der Waals surface area contributed by atoms with Gasteiger partial charge < -0.3 is 16.4 Å². The summed E-state index contributed by atoms with van der Waals surface area (Å²) in [4.78, 5) is 25.9. The van der Waals surface area contributed by atoms with Crippen LogP contribution in [0.2, 0.25) is 0 Å². The molecule has 0 spiro atoms. The molecule has 0 aromatic carbocycles. The van der Waals surface area contributed by atoms with E-state index >= 15 is 0 Å². The van der Waals surface area contributed by atoms with Gasteiger partial charge in [0, 0.05) is 11.6 Å². The Morgan fingerprint density at radius 1 is 1.40 bits per heavy atom. The average Bonchev–Trinajstić information content (AvgIpc) is 2.75. The number of carbonyl (C=O) groups is 2. The highest BCUT2D eigenvalue weighted by molar-refractivity contribution is 7.09. The molecule has 0 aliphatic heterocycles. The zero-order valence-electron chi connectivity index (χ0n) is 8.03. The van der Waals surface area contributed by atoms with Crippen LogP contribution in [0, 0.1) is 0 Å². The number of rotatable bonds is 5. The topological polar surface area (TPSA) is 97.1 Å². The van der Waals surface area contributed by atoms with Crippen molar-refractivity contribution < 1.29 is 9.59 Å². The Labute approximate surface area is 90.9 Å². The van der Waals surface area contributed by atoms with Gasteiger partial charge in [-0.05, 0) is 0 Å². The van der Waals surface area contributed by atoms with E-state index in [1.54, 1.807) is 6.20 Å². The molecule has 0 aliphatic rings. The zero-order valence-corrected chi connectivity index (χ0v) is 8.84. The molecule has 0 saturated carbocycles. The van der Waals surface area contributed by atoms with E-state index < -0.39 is 0 Å². The van der Waals surface area contributed by atoms with E-state index in [2.05, 4.69) is 15.6 Å².